The van der Waals surface area contributed by atoms with Gasteiger partial charge in [0.1, 0.15) is 5.75 Å². The van der Waals surface area contributed by atoms with Crippen molar-refractivity contribution in [2.45, 2.75) is 39.7 Å². The largest absolute Gasteiger partial charge is 0.494 e. The first-order valence-corrected chi connectivity index (χ1v) is 8.76. The van der Waals surface area contributed by atoms with E-state index in [4.69, 9.17) is 4.74 Å². The van der Waals surface area contributed by atoms with E-state index >= 15 is 0 Å². The number of para-hydroxylation sites is 1. The Morgan fingerprint density at radius 1 is 0.962 bits per heavy atom. The Bertz CT molecular complexity index is 762. The van der Waals surface area contributed by atoms with E-state index in [2.05, 4.69) is 10.6 Å². The molecule has 0 radical (unpaired) electrons. The highest BCUT2D eigenvalue weighted by Gasteiger charge is 2.19. The van der Waals surface area contributed by atoms with E-state index in [0.29, 0.717) is 23.4 Å². The number of benzene rings is 2. The second kappa shape index (κ2) is 8.52. The van der Waals surface area contributed by atoms with Gasteiger partial charge in [0, 0.05) is 11.1 Å². The van der Waals surface area contributed by atoms with Crippen LogP contribution in [0.3, 0.4) is 0 Å². The van der Waals surface area contributed by atoms with Crippen molar-refractivity contribution in [3.63, 3.8) is 0 Å². The Balaban J connectivity index is 2.13. The monoisotopic (exact) mass is 354 g/mol. The van der Waals surface area contributed by atoms with E-state index in [0.717, 1.165) is 12.2 Å². The van der Waals surface area contributed by atoms with E-state index in [1.54, 1.807) is 48.5 Å². The molecule has 0 aliphatic carbocycles. The van der Waals surface area contributed by atoms with Crippen molar-refractivity contribution in [1.82, 2.24) is 5.32 Å². The van der Waals surface area contributed by atoms with E-state index < -0.39 is 0 Å². The molecule has 0 saturated heterocycles. The number of carbonyl (C=O) groups excluding carboxylic acids is 2. The van der Waals surface area contributed by atoms with Crippen molar-refractivity contribution in [2.24, 2.45) is 0 Å². The molecule has 0 aliphatic rings. The third-order valence-corrected chi connectivity index (χ3v) is 3.50. The summed E-state index contributed by atoms with van der Waals surface area (Å²) in [6, 6.07) is 13.9. The predicted octanol–water partition coefficient (Wildman–Crippen LogP) is 4.26. The van der Waals surface area contributed by atoms with E-state index in [9.17, 15) is 9.59 Å². The van der Waals surface area contributed by atoms with Crippen LogP contribution < -0.4 is 15.4 Å². The van der Waals surface area contributed by atoms with Crippen molar-refractivity contribution in [3.05, 3.63) is 59.7 Å². The SMILES string of the molecule is CCCOc1ccc(C(=O)Nc2ccccc2C(=O)NC(C)(C)C)cc1. The summed E-state index contributed by atoms with van der Waals surface area (Å²) in [7, 11) is 0. The molecular weight excluding hydrogens is 328 g/mol. The number of hydrogen-bond acceptors (Lipinski definition) is 3. The van der Waals surface area contributed by atoms with E-state index in [1.807, 2.05) is 27.7 Å². The van der Waals surface area contributed by atoms with Gasteiger partial charge in [-0.1, -0.05) is 19.1 Å². The topological polar surface area (TPSA) is 67.4 Å². The second-order valence-corrected chi connectivity index (χ2v) is 7.08. The molecule has 2 rings (SSSR count). The molecule has 2 aromatic rings. The minimum Gasteiger partial charge on any atom is -0.494 e. The summed E-state index contributed by atoms with van der Waals surface area (Å²) in [5.41, 5.74) is 1.05. The normalized spacial score (nSPS) is 10.9. The number of carbonyl (C=O) groups is 2. The third kappa shape index (κ3) is 5.62. The summed E-state index contributed by atoms with van der Waals surface area (Å²) in [5.74, 6) is 0.230. The van der Waals surface area contributed by atoms with Crippen LogP contribution in [0.25, 0.3) is 0 Å². The summed E-state index contributed by atoms with van der Waals surface area (Å²) in [6.45, 7) is 8.41. The van der Waals surface area contributed by atoms with Crippen LogP contribution in [0, 0.1) is 0 Å². The molecule has 0 saturated carbocycles. The minimum atomic E-state index is -0.359. The summed E-state index contributed by atoms with van der Waals surface area (Å²) >= 11 is 0. The molecule has 0 aromatic heterocycles. The highest BCUT2D eigenvalue weighted by atomic mass is 16.5. The van der Waals surface area contributed by atoms with Crippen LogP contribution in [0.15, 0.2) is 48.5 Å². The van der Waals surface area contributed by atoms with Gasteiger partial charge < -0.3 is 15.4 Å². The lowest BCUT2D eigenvalue weighted by molar-refractivity contribution is 0.0920. The van der Waals surface area contributed by atoms with E-state index in [-0.39, 0.29) is 17.4 Å². The lowest BCUT2D eigenvalue weighted by Gasteiger charge is -2.21. The quantitative estimate of drug-likeness (QED) is 0.815. The first kappa shape index (κ1) is 19.5. The Kier molecular flexibility index (Phi) is 6.39. The van der Waals surface area contributed by atoms with Gasteiger partial charge in [-0.15, -0.1) is 0 Å². The number of rotatable bonds is 6. The zero-order chi connectivity index (χ0) is 19.2. The molecular formula is C21H26N2O3. The van der Waals surface area contributed by atoms with Crippen molar-refractivity contribution in [1.29, 1.82) is 0 Å². The van der Waals surface area contributed by atoms with Crippen LogP contribution in [-0.2, 0) is 0 Å². The van der Waals surface area contributed by atoms with Gasteiger partial charge in [0.05, 0.1) is 17.9 Å². The smallest absolute Gasteiger partial charge is 0.255 e. The van der Waals surface area contributed by atoms with Gasteiger partial charge in [0.25, 0.3) is 11.8 Å². The van der Waals surface area contributed by atoms with Crippen LogP contribution in [-0.4, -0.2) is 24.0 Å². The molecule has 0 bridgehead atoms. The third-order valence-electron chi connectivity index (χ3n) is 3.50. The van der Waals surface area contributed by atoms with Crippen LogP contribution in [0.4, 0.5) is 5.69 Å². The molecule has 26 heavy (non-hydrogen) atoms. The van der Waals surface area contributed by atoms with Crippen LogP contribution in [0.1, 0.15) is 54.8 Å². The molecule has 0 heterocycles. The zero-order valence-corrected chi connectivity index (χ0v) is 15.8. The fourth-order valence-corrected chi connectivity index (χ4v) is 2.31. The molecule has 0 spiro atoms. The lowest BCUT2D eigenvalue weighted by atomic mass is 10.1. The molecule has 2 aromatic carbocycles. The molecule has 0 atom stereocenters. The van der Waals surface area contributed by atoms with Gasteiger partial charge in [0.2, 0.25) is 0 Å². The molecule has 5 heteroatoms. The standard InChI is InChI=1S/C21H26N2O3/c1-5-14-26-16-12-10-15(11-13-16)19(24)22-18-9-7-6-8-17(18)20(25)23-21(2,3)4/h6-13H,5,14H2,1-4H3,(H,22,24)(H,23,25). The van der Waals surface area contributed by atoms with Gasteiger partial charge in [-0.25, -0.2) is 0 Å². The number of anilines is 1. The maximum atomic E-state index is 12.5. The average molecular weight is 354 g/mol. The van der Waals surface area contributed by atoms with Crippen LogP contribution >= 0.6 is 0 Å². The summed E-state index contributed by atoms with van der Waals surface area (Å²) in [6.07, 6.45) is 0.926. The van der Waals surface area contributed by atoms with Gasteiger partial charge in [-0.05, 0) is 63.6 Å². The molecule has 5 nitrogen and oxygen atoms in total. The zero-order valence-electron chi connectivity index (χ0n) is 15.8. The second-order valence-electron chi connectivity index (χ2n) is 7.08. The average Bonchev–Trinajstić information content (AvgIpc) is 2.59. The van der Waals surface area contributed by atoms with Crippen molar-refractivity contribution < 1.29 is 14.3 Å². The molecule has 0 fully saturated rings. The first-order valence-electron chi connectivity index (χ1n) is 8.76. The Hall–Kier alpha value is -2.82. The molecule has 0 aliphatic heterocycles. The Morgan fingerprint density at radius 2 is 1.62 bits per heavy atom. The number of amides is 2. The molecule has 138 valence electrons. The van der Waals surface area contributed by atoms with Crippen molar-refractivity contribution in [3.8, 4) is 5.75 Å². The van der Waals surface area contributed by atoms with Gasteiger partial charge in [-0.2, -0.15) is 0 Å². The summed E-state index contributed by atoms with van der Waals surface area (Å²) < 4.78 is 5.52. The molecule has 2 amide bonds. The number of nitrogens with one attached hydrogen (secondary N) is 2. The fourth-order valence-electron chi connectivity index (χ4n) is 2.31. The van der Waals surface area contributed by atoms with Crippen molar-refractivity contribution in [2.75, 3.05) is 11.9 Å². The highest BCUT2D eigenvalue weighted by Crippen LogP contribution is 2.19. The van der Waals surface area contributed by atoms with Gasteiger partial charge in [0.15, 0.2) is 0 Å². The van der Waals surface area contributed by atoms with Crippen molar-refractivity contribution >= 4 is 17.5 Å². The van der Waals surface area contributed by atoms with Gasteiger partial charge >= 0.3 is 0 Å². The lowest BCUT2D eigenvalue weighted by Crippen LogP contribution is -2.40. The maximum absolute atomic E-state index is 12.5. The van der Waals surface area contributed by atoms with Crippen LogP contribution in [0.5, 0.6) is 5.75 Å². The highest BCUT2D eigenvalue weighted by molar-refractivity contribution is 6.09. The first-order chi connectivity index (χ1) is 12.3. The van der Waals surface area contributed by atoms with Crippen LogP contribution in [0.2, 0.25) is 0 Å². The Labute approximate surface area is 154 Å². The Morgan fingerprint density at radius 3 is 2.23 bits per heavy atom. The maximum Gasteiger partial charge on any atom is 0.255 e. The molecule has 0 unspecified atom stereocenters. The predicted molar refractivity (Wildman–Crippen MR) is 104 cm³/mol. The van der Waals surface area contributed by atoms with E-state index in [1.165, 1.54) is 0 Å². The summed E-state index contributed by atoms with van der Waals surface area (Å²) in [5, 5.41) is 5.72. The molecule has 2 N–H and O–H groups in total. The number of ether oxygens (including phenoxy) is 1. The fraction of sp³-hybridized carbons (Fsp3) is 0.333. The number of hydrogen-bond donors (Lipinski definition) is 2. The van der Waals surface area contributed by atoms with Gasteiger partial charge in [-0.3, -0.25) is 9.59 Å². The minimum absolute atomic E-state index is 0.225. The summed E-state index contributed by atoms with van der Waals surface area (Å²) in [4.78, 5) is 25.0.